The Morgan fingerprint density at radius 2 is 1.96 bits per heavy atom. The van der Waals surface area contributed by atoms with Crippen LogP contribution < -0.4 is 5.73 Å². The number of amides is 1. The predicted molar refractivity (Wildman–Crippen MR) is 92.5 cm³/mol. The molecule has 3 nitrogen and oxygen atoms in total. The van der Waals surface area contributed by atoms with Crippen LogP contribution in [0.3, 0.4) is 0 Å². The molecule has 0 radical (unpaired) electrons. The Morgan fingerprint density at radius 3 is 2.58 bits per heavy atom. The van der Waals surface area contributed by atoms with E-state index in [9.17, 15) is 13.6 Å². The van der Waals surface area contributed by atoms with Crippen LogP contribution in [0, 0.1) is 11.6 Å². The second-order valence-electron chi connectivity index (χ2n) is 5.77. The SMILES string of the molecule is N[C@@H](Cc1ccc(-c2ccc(F)cc2F)cc1)C(=O)N1CCSC1. The quantitative estimate of drug-likeness (QED) is 0.924. The molecule has 0 aliphatic carbocycles. The summed E-state index contributed by atoms with van der Waals surface area (Å²) in [6.07, 6.45) is 0.437. The van der Waals surface area contributed by atoms with Gasteiger partial charge in [-0.25, -0.2) is 8.78 Å². The van der Waals surface area contributed by atoms with Crippen molar-refractivity contribution in [2.24, 2.45) is 5.73 Å². The van der Waals surface area contributed by atoms with E-state index in [1.807, 2.05) is 12.1 Å². The molecule has 3 rings (SSSR count). The molecule has 1 amide bonds. The number of thioether (sulfide) groups is 1. The van der Waals surface area contributed by atoms with E-state index in [2.05, 4.69) is 0 Å². The standard InChI is InChI=1S/C18H18F2N2OS/c19-14-5-6-15(16(20)10-14)13-3-1-12(2-4-13)9-17(21)18(23)22-7-8-24-11-22/h1-6,10,17H,7-9,11,21H2/t17-/m0/s1. The molecule has 0 spiro atoms. The van der Waals surface area contributed by atoms with Crippen molar-refractivity contribution in [3.63, 3.8) is 0 Å². The fourth-order valence-corrected chi connectivity index (χ4v) is 3.66. The fraction of sp³-hybridized carbons (Fsp3) is 0.278. The zero-order valence-electron chi connectivity index (χ0n) is 13.0. The summed E-state index contributed by atoms with van der Waals surface area (Å²) in [5, 5.41) is 0. The molecule has 1 fully saturated rings. The third kappa shape index (κ3) is 3.76. The minimum absolute atomic E-state index is 0.0337. The number of nitrogens with zero attached hydrogens (tertiary/aromatic N) is 1. The topological polar surface area (TPSA) is 46.3 Å². The van der Waals surface area contributed by atoms with Crippen molar-refractivity contribution in [2.45, 2.75) is 12.5 Å². The predicted octanol–water partition coefficient (Wildman–Crippen LogP) is 3.03. The maximum atomic E-state index is 13.8. The van der Waals surface area contributed by atoms with Gasteiger partial charge in [-0.2, -0.15) is 0 Å². The summed E-state index contributed by atoms with van der Waals surface area (Å²) >= 11 is 1.72. The minimum atomic E-state index is -0.600. The maximum absolute atomic E-state index is 13.8. The summed E-state index contributed by atoms with van der Waals surface area (Å²) in [7, 11) is 0. The third-order valence-electron chi connectivity index (χ3n) is 4.03. The average Bonchev–Trinajstić information content (AvgIpc) is 3.09. The van der Waals surface area contributed by atoms with Crippen LogP contribution in [-0.2, 0) is 11.2 Å². The van der Waals surface area contributed by atoms with Crippen LogP contribution in [0.4, 0.5) is 8.78 Å². The molecule has 1 saturated heterocycles. The van der Waals surface area contributed by atoms with Gasteiger partial charge in [0, 0.05) is 23.9 Å². The Bertz CT molecular complexity index is 730. The Hall–Kier alpha value is -1.92. The molecule has 1 aliphatic heterocycles. The van der Waals surface area contributed by atoms with Gasteiger partial charge in [0.15, 0.2) is 0 Å². The molecular weight excluding hydrogens is 330 g/mol. The first kappa shape index (κ1) is 16.9. The van der Waals surface area contributed by atoms with Gasteiger partial charge in [-0.15, -0.1) is 11.8 Å². The number of hydrogen-bond donors (Lipinski definition) is 1. The molecule has 2 N–H and O–H groups in total. The number of nitrogens with two attached hydrogens (primary N) is 1. The molecule has 0 bridgehead atoms. The Balaban J connectivity index is 1.69. The van der Waals surface area contributed by atoms with Gasteiger partial charge in [0.1, 0.15) is 11.6 Å². The first-order valence-electron chi connectivity index (χ1n) is 7.71. The molecule has 0 aromatic heterocycles. The van der Waals surface area contributed by atoms with Crippen molar-refractivity contribution in [1.29, 1.82) is 0 Å². The molecule has 2 aromatic rings. The lowest BCUT2D eigenvalue weighted by molar-refractivity contribution is -0.131. The van der Waals surface area contributed by atoms with E-state index in [4.69, 9.17) is 5.73 Å². The van der Waals surface area contributed by atoms with Crippen molar-refractivity contribution in [3.8, 4) is 11.1 Å². The monoisotopic (exact) mass is 348 g/mol. The average molecular weight is 348 g/mol. The molecule has 24 heavy (non-hydrogen) atoms. The molecule has 0 unspecified atom stereocenters. The van der Waals surface area contributed by atoms with Crippen LogP contribution in [0.5, 0.6) is 0 Å². The van der Waals surface area contributed by atoms with Crippen LogP contribution in [0.15, 0.2) is 42.5 Å². The van der Waals surface area contributed by atoms with Crippen molar-refractivity contribution in [3.05, 3.63) is 59.7 Å². The van der Waals surface area contributed by atoms with Gasteiger partial charge in [-0.1, -0.05) is 24.3 Å². The fourth-order valence-electron chi connectivity index (χ4n) is 2.71. The second-order valence-corrected chi connectivity index (χ2v) is 6.85. The highest BCUT2D eigenvalue weighted by Crippen LogP contribution is 2.24. The lowest BCUT2D eigenvalue weighted by Gasteiger charge is -2.19. The van der Waals surface area contributed by atoms with E-state index in [1.54, 1.807) is 28.8 Å². The smallest absolute Gasteiger partial charge is 0.240 e. The highest BCUT2D eigenvalue weighted by Gasteiger charge is 2.24. The molecule has 6 heteroatoms. The lowest BCUT2D eigenvalue weighted by atomic mass is 10.00. The van der Waals surface area contributed by atoms with Gasteiger partial charge in [0.2, 0.25) is 5.91 Å². The van der Waals surface area contributed by atoms with E-state index in [0.717, 1.165) is 23.9 Å². The van der Waals surface area contributed by atoms with Crippen LogP contribution in [0.2, 0.25) is 0 Å². The van der Waals surface area contributed by atoms with E-state index < -0.39 is 17.7 Å². The summed E-state index contributed by atoms with van der Waals surface area (Å²) in [6.45, 7) is 0.750. The van der Waals surface area contributed by atoms with E-state index in [-0.39, 0.29) is 5.91 Å². The van der Waals surface area contributed by atoms with Crippen molar-refractivity contribution < 1.29 is 13.6 Å². The van der Waals surface area contributed by atoms with Crippen molar-refractivity contribution >= 4 is 17.7 Å². The Kier molecular flexibility index (Phi) is 5.16. The normalized spacial score (nSPS) is 15.5. The molecule has 126 valence electrons. The summed E-state index contributed by atoms with van der Waals surface area (Å²) in [4.78, 5) is 14.0. The number of carbonyl (C=O) groups is 1. The van der Waals surface area contributed by atoms with Gasteiger partial charge in [-0.3, -0.25) is 4.79 Å². The zero-order chi connectivity index (χ0) is 17.1. The highest BCUT2D eigenvalue weighted by molar-refractivity contribution is 7.99. The number of hydrogen-bond acceptors (Lipinski definition) is 3. The van der Waals surface area contributed by atoms with Gasteiger partial charge < -0.3 is 10.6 Å². The third-order valence-corrected chi connectivity index (χ3v) is 5.00. The number of rotatable bonds is 4. The summed E-state index contributed by atoms with van der Waals surface area (Å²) in [6, 6.07) is 10.1. The first-order valence-corrected chi connectivity index (χ1v) is 8.86. The Morgan fingerprint density at radius 1 is 1.21 bits per heavy atom. The summed E-state index contributed by atoms with van der Waals surface area (Å²) in [5.41, 5.74) is 7.93. The molecule has 1 atom stereocenters. The van der Waals surface area contributed by atoms with Crippen LogP contribution >= 0.6 is 11.8 Å². The van der Waals surface area contributed by atoms with E-state index >= 15 is 0 Å². The molecular formula is C18H18F2N2OS. The summed E-state index contributed by atoms with van der Waals surface area (Å²) < 4.78 is 26.8. The minimum Gasteiger partial charge on any atom is -0.331 e. The molecule has 1 heterocycles. The van der Waals surface area contributed by atoms with Crippen LogP contribution in [0.25, 0.3) is 11.1 Å². The van der Waals surface area contributed by atoms with Crippen LogP contribution in [0.1, 0.15) is 5.56 Å². The van der Waals surface area contributed by atoms with Gasteiger partial charge in [-0.05, 0) is 29.7 Å². The van der Waals surface area contributed by atoms with Crippen LogP contribution in [-0.4, -0.2) is 35.0 Å². The highest BCUT2D eigenvalue weighted by atomic mass is 32.2. The largest absolute Gasteiger partial charge is 0.331 e. The van der Waals surface area contributed by atoms with Gasteiger partial charge in [0.25, 0.3) is 0 Å². The number of halogens is 2. The van der Waals surface area contributed by atoms with E-state index in [0.29, 0.717) is 23.4 Å². The maximum Gasteiger partial charge on any atom is 0.240 e. The summed E-state index contributed by atoms with van der Waals surface area (Å²) in [5.74, 6) is 0.429. The Labute approximate surface area is 143 Å². The lowest BCUT2D eigenvalue weighted by Crippen LogP contribution is -2.43. The second kappa shape index (κ2) is 7.32. The number of carbonyl (C=O) groups excluding carboxylic acids is 1. The number of benzene rings is 2. The molecule has 2 aromatic carbocycles. The van der Waals surface area contributed by atoms with Crippen molar-refractivity contribution in [1.82, 2.24) is 4.90 Å². The van der Waals surface area contributed by atoms with Gasteiger partial charge >= 0.3 is 0 Å². The van der Waals surface area contributed by atoms with Gasteiger partial charge in [0.05, 0.1) is 11.9 Å². The first-order chi connectivity index (χ1) is 11.5. The molecule has 0 saturated carbocycles. The van der Waals surface area contributed by atoms with E-state index in [1.165, 1.54) is 12.1 Å². The zero-order valence-corrected chi connectivity index (χ0v) is 13.9. The molecule has 1 aliphatic rings. The van der Waals surface area contributed by atoms with Crippen molar-refractivity contribution in [2.75, 3.05) is 18.2 Å².